The third-order valence-electron chi connectivity index (χ3n) is 6.48. The van der Waals surface area contributed by atoms with Gasteiger partial charge in [-0.3, -0.25) is 14.6 Å². The molecular weight excluding hydrogens is 310 g/mol. The standard InChI is InChI=1S/C21H31N3O/c25-20(22-17-21(10-11-21)18-6-2-1-3-7-18)16-23-12-14-24(15-13-23)19-8-4-5-9-19/h1-3,6-7,19H,4-5,8-17H2,(H,22,25). The maximum atomic E-state index is 12.4. The van der Waals surface area contributed by atoms with Gasteiger partial charge in [-0.05, 0) is 31.2 Å². The van der Waals surface area contributed by atoms with Gasteiger partial charge in [0.15, 0.2) is 0 Å². The van der Waals surface area contributed by atoms with Crippen molar-refractivity contribution in [2.45, 2.75) is 50.0 Å². The van der Waals surface area contributed by atoms with Crippen LogP contribution in [0.4, 0.5) is 0 Å². The van der Waals surface area contributed by atoms with Gasteiger partial charge in [0, 0.05) is 44.2 Å². The minimum Gasteiger partial charge on any atom is -0.354 e. The molecule has 0 aromatic heterocycles. The van der Waals surface area contributed by atoms with Crippen molar-refractivity contribution in [3.05, 3.63) is 35.9 Å². The zero-order valence-corrected chi connectivity index (χ0v) is 15.3. The Morgan fingerprint density at radius 3 is 2.36 bits per heavy atom. The zero-order chi connectivity index (χ0) is 17.1. The van der Waals surface area contributed by atoms with Crippen molar-refractivity contribution < 1.29 is 4.79 Å². The fourth-order valence-electron chi connectivity index (χ4n) is 4.59. The maximum absolute atomic E-state index is 12.4. The first-order valence-electron chi connectivity index (χ1n) is 10.0. The molecule has 3 fully saturated rings. The number of hydrogen-bond acceptors (Lipinski definition) is 3. The van der Waals surface area contributed by atoms with E-state index < -0.39 is 0 Å². The highest BCUT2D eigenvalue weighted by Gasteiger charge is 2.44. The monoisotopic (exact) mass is 341 g/mol. The molecule has 4 heteroatoms. The van der Waals surface area contributed by atoms with Crippen LogP contribution in [0.1, 0.15) is 44.1 Å². The Bertz CT molecular complexity index is 570. The lowest BCUT2D eigenvalue weighted by Crippen LogP contribution is -2.52. The average Bonchev–Trinajstić information content (AvgIpc) is 3.25. The summed E-state index contributed by atoms with van der Waals surface area (Å²) in [5.41, 5.74) is 1.58. The lowest BCUT2D eigenvalue weighted by molar-refractivity contribution is -0.122. The quantitative estimate of drug-likeness (QED) is 0.863. The molecule has 136 valence electrons. The van der Waals surface area contributed by atoms with Crippen LogP contribution in [-0.2, 0) is 10.2 Å². The number of carbonyl (C=O) groups excluding carboxylic acids is 1. The third kappa shape index (κ3) is 4.06. The second-order valence-corrected chi connectivity index (χ2v) is 8.17. The number of carbonyl (C=O) groups is 1. The van der Waals surface area contributed by atoms with Crippen molar-refractivity contribution >= 4 is 5.91 Å². The summed E-state index contributed by atoms with van der Waals surface area (Å²) in [5.74, 6) is 0.191. The van der Waals surface area contributed by atoms with Crippen LogP contribution in [0.15, 0.2) is 30.3 Å². The van der Waals surface area contributed by atoms with E-state index in [9.17, 15) is 4.79 Å². The number of piperazine rings is 1. The zero-order valence-electron chi connectivity index (χ0n) is 15.3. The molecule has 1 aliphatic heterocycles. The van der Waals surface area contributed by atoms with Crippen LogP contribution in [0.25, 0.3) is 0 Å². The van der Waals surface area contributed by atoms with Crippen LogP contribution in [0.2, 0.25) is 0 Å². The van der Waals surface area contributed by atoms with Gasteiger partial charge < -0.3 is 5.32 Å². The van der Waals surface area contributed by atoms with E-state index >= 15 is 0 Å². The molecule has 1 N–H and O–H groups in total. The van der Waals surface area contributed by atoms with E-state index in [0.717, 1.165) is 38.8 Å². The van der Waals surface area contributed by atoms with E-state index in [1.807, 2.05) is 0 Å². The number of nitrogens with one attached hydrogen (secondary N) is 1. The highest BCUT2D eigenvalue weighted by atomic mass is 16.2. The molecule has 0 spiro atoms. The van der Waals surface area contributed by atoms with E-state index in [4.69, 9.17) is 0 Å². The second-order valence-electron chi connectivity index (χ2n) is 8.17. The van der Waals surface area contributed by atoms with Gasteiger partial charge in [0.25, 0.3) is 0 Å². The Hall–Kier alpha value is -1.39. The van der Waals surface area contributed by atoms with Crippen LogP contribution in [0.3, 0.4) is 0 Å². The Kier molecular flexibility index (Phi) is 5.09. The molecule has 1 amide bonds. The number of benzene rings is 1. The molecule has 1 aromatic rings. The lowest BCUT2D eigenvalue weighted by Gasteiger charge is -2.37. The first-order valence-corrected chi connectivity index (χ1v) is 10.0. The van der Waals surface area contributed by atoms with Gasteiger partial charge in [0.05, 0.1) is 6.54 Å². The molecule has 0 atom stereocenters. The van der Waals surface area contributed by atoms with E-state index in [1.165, 1.54) is 44.1 Å². The molecule has 1 saturated heterocycles. The number of amides is 1. The predicted molar refractivity (Wildman–Crippen MR) is 101 cm³/mol. The molecule has 0 radical (unpaired) electrons. The minimum absolute atomic E-state index is 0.191. The van der Waals surface area contributed by atoms with Crippen molar-refractivity contribution in [2.75, 3.05) is 39.3 Å². The van der Waals surface area contributed by atoms with Gasteiger partial charge in [-0.15, -0.1) is 0 Å². The number of nitrogens with zero attached hydrogens (tertiary/aromatic N) is 2. The molecule has 0 unspecified atom stereocenters. The van der Waals surface area contributed by atoms with Gasteiger partial charge in [-0.1, -0.05) is 43.2 Å². The Labute approximate surface area is 151 Å². The van der Waals surface area contributed by atoms with Crippen molar-refractivity contribution in [3.63, 3.8) is 0 Å². The summed E-state index contributed by atoms with van der Waals surface area (Å²) >= 11 is 0. The molecule has 3 aliphatic rings. The van der Waals surface area contributed by atoms with Crippen LogP contribution in [0.5, 0.6) is 0 Å². The van der Waals surface area contributed by atoms with Crippen molar-refractivity contribution in [1.82, 2.24) is 15.1 Å². The summed E-state index contributed by atoms with van der Waals surface area (Å²) in [6.45, 7) is 5.68. The second kappa shape index (κ2) is 7.46. The molecule has 2 aliphatic carbocycles. The SMILES string of the molecule is O=C(CN1CCN(C2CCCC2)CC1)NCC1(c2ccccc2)CC1. The fraction of sp³-hybridized carbons (Fsp3) is 0.667. The normalized spacial score (nSPS) is 24.3. The summed E-state index contributed by atoms with van der Waals surface area (Å²) < 4.78 is 0. The van der Waals surface area contributed by atoms with Crippen LogP contribution in [-0.4, -0.2) is 61.0 Å². The van der Waals surface area contributed by atoms with E-state index in [0.29, 0.717) is 6.54 Å². The van der Waals surface area contributed by atoms with E-state index in [1.54, 1.807) is 0 Å². The summed E-state index contributed by atoms with van der Waals surface area (Å²) in [7, 11) is 0. The van der Waals surface area contributed by atoms with Crippen LogP contribution in [0, 0.1) is 0 Å². The highest BCUT2D eigenvalue weighted by Crippen LogP contribution is 2.47. The van der Waals surface area contributed by atoms with Crippen molar-refractivity contribution in [1.29, 1.82) is 0 Å². The first kappa shape index (κ1) is 17.0. The summed E-state index contributed by atoms with van der Waals surface area (Å²) in [5, 5.41) is 3.20. The van der Waals surface area contributed by atoms with Crippen LogP contribution < -0.4 is 5.32 Å². The summed E-state index contributed by atoms with van der Waals surface area (Å²) in [6, 6.07) is 11.5. The number of hydrogen-bond donors (Lipinski definition) is 1. The molecule has 4 rings (SSSR count). The largest absolute Gasteiger partial charge is 0.354 e. The topological polar surface area (TPSA) is 35.6 Å². The summed E-state index contributed by atoms with van der Waals surface area (Å²) in [4.78, 5) is 17.4. The van der Waals surface area contributed by atoms with E-state index in [-0.39, 0.29) is 11.3 Å². The molecule has 4 nitrogen and oxygen atoms in total. The molecule has 2 saturated carbocycles. The van der Waals surface area contributed by atoms with Gasteiger partial charge in [0.1, 0.15) is 0 Å². The molecule has 1 aromatic carbocycles. The molecular formula is C21H31N3O. The molecule has 25 heavy (non-hydrogen) atoms. The van der Waals surface area contributed by atoms with E-state index in [2.05, 4.69) is 45.4 Å². The highest BCUT2D eigenvalue weighted by molar-refractivity contribution is 5.78. The van der Waals surface area contributed by atoms with Gasteiger partial charge >= 0.3 is 0 Å². The van der Waals surface area contributed by atoms with Crippen molar-refractivity contribution in [2.24, 2.45) is 0 Å². The van der Waals surface area contributed by atoms with Crippen molar-refractivity contribution in [3.8, 4) is 0 Å². The average molecular weight is 341 g/mol. The Morgan fingerprint density at radius 1 is 1.04 bits per heavy atom. The summed E-state index contributed by atoms with van der Waals surface area (Å²) in [6.07, 6.45) is 7.94. The number of rotatable bonds is 6. The minimum atomic E-state index is 0.191. The smallest absolute Gasteiger partial charge is 0.234 e. The van der Waals surface area contributed by atoms with Gasteiger partial charge in [-0.2, -0.15) is 0 Å². The Morgan fingerprint density at radius 2 is 1.72 bits per heavy atom. The Balaban J connectivity index is 1.20. The molecule has 1 heterocycles. The maximum Gasteiger partial charge on any atom is 0.234 e. The van der Waals surface area contributed by atoms with Gasteiger partial charge in [-0.25, -0.2) is 0 Å². The lowest BCUT2D eigenvalue weighted by atomic mass is 9.96. The first-order chi connectivity index (χ1) is 12.3. The van der Waals surface area contributed by atoms with Crippen LogP contribution >= 0.6 is 0 Å². The van der Waals surface area contributed by atoms with Gasteiger partial charge in [0.2, 0.25) is 5.91 Å². The predicted octanol–water partition coefficient (Wildman–Crippen LogP) is 2.39. The molecule has 0 bridgehead atoms. The fourth-order valence-corrected chi connectivity index (χ4v) is 4.59. The third-order valence-corrected chi connectivity index (χ3v) is 6.48.